The molecule has 0 saturated carbocycles. The zero-order chi connectivity index (χ0) is 12.0. The van der Waals surface area contributed by atoms with Crippen LogP contribution >= 0.6 is 0 Å². The smallest absolute Gasteiger partial charge is 0.234 e. The topological polar surface area (TPSA) is 64.4 Å². The summed E-state index contributed by atoms with van der Waals surface area (Å²) in [5.74, 6) is 4.82. The molecule has 1 rings (SSSR count). The minimum absolute atomic E-state index is 0.168. The van der Waals surface area contributed by atoms with Crippen LogP contribution in [0, 0.1) is 5.82 Å². The van der Waals surface area contributed by atoms with Gasteiger partial charge in [-0.2, -0.15) is 0 Å². The first-order valence-electron chi connectivity index (χ1n) is 5.03. The Morgan fingerprint density at radius 2 is 2.38 bits per heavy atom. The number of nitrogens with one attached hydrogen (secondary N) is 1. The van der Waals surface area contributed by atoms with Crippen molar-refractivity contribution < 1.29 is 13.9 Å². The molecule has 0 spiro atoms. The van der Waals surface area contributed by atoms with E-state index in [1.807, 2.05) is 12.3 Å². The van der Waals surface area contributed by atoms with Crippen LogP contribution in [-0.2, 0) is 4.79 Å². The molecule has 5 heteroatoms. The van der Waals surface area contributed by atoms with Gasteiger partial charge in [0.15, 0.2) is 0 Å². The van der Waals surface area contributed by atoms with Crippen LogP contribution in [0.25, 0.3) is 0 Å². The van der Waals surface area contributed by atoms with Gasteiger partial charge in [-0.25, -0.2) is 10.2 Å². The summed E-state index contributed by atoms with van der Waals surface area (Å²) in [7, 11) is 0. The predicted molar refractivity (Wildman–Crippen MR) is 58.1 cm³/mol. The first-order chi connectivity index (χ1) is 7.61. The second-order valence-electron chi connectivity index (χ2n) is 3.49. The van der Waals surface area contributed by atoms with Gasteiger partial charge in [-0.1, -0.05) is 6.07 Å². The van der Waals surface area contributed by atoms with Gasteiger partial charge in [0.05, 0.1) is 6.10 Å². The van der Waals surface area contributed by atoms with Gasteiger partial charge >= 0.3 is 0 Å². The van der Waals surface area contributed by atoms with E-state index in [9.17, 15) is 9.18 Å². The van der Waals surface area contributed by atoms with E-state index in [2.05, 4.69) is 0 Å². The second kappa shape index (κ2) is 6.07. The van der Waals surface area contributed by atoms with Gasteiger partial charge in [0.2, 0.25) is 5.91 Å². The monoisotopic (exact) mass is 226 g/mol. The molecule has 1 aromatic rings. The third kappa shape index (κ3) is 4.27. The van der Waals surface area contributed by atoms with E-state index in [0.29, 0.717) is 12.2 Å². The van der Waals surface area contributed by atoms with Crippen molar-refractivity contribution in [2.75, 3.05) is 0 Å². The van der Waals surface area contributed by atoms with E-state index in [1.165, 1.54) is 12.1 Å². The summed E-state index contributed by atoms with van der Waals surface area (Å²) in [6.07, 6.45) is 0.645. The van der Waals surface area contributed by atoms with Gasteiger partial charge in [0.25, 0.3) is 0 Å². The Morgan fingerprint density at radius 3 is 3.00 bits per heavy atom. The molecule has 1 amide bonds. The summed E-state index contributed by atoms with van der Waals surface area (Å²) < 4.78 is 18.3. The maximum atomic E-state index is 12.8. The fourth-order valence-corrected chi connectivity index (χ4v) is 1.24. The summed E-state index contributed by atoms with van der Waals surface area (Å²) in [6.45, 7) is 1.81. The van der Waals surface area contributed by atoms with Crippen molar-refractivity contribution in [3.63, 3.8) is 0 Å². The lowest BCUT2D eigenvalue weighted by Gasteiger charge is -2.14. The number of carbonyl (C=O) groups is 1. The molecule has 1 unspecified atom stereocenters. The van der Waals surface area contributed by atoms with Gasteiger partial charge in [-0.3, -0.25) is 10.2 Å². The van der Waals surface area contributed by atoms with Crippen molar-refractivity contribution in [2.24, 2.45) is 5.84 Å². The number of halogens is 1. The van der Waals surface area contributed by atoms with E-state index in [0.717, 1.165) is 0 Å². The zero-order valence-corrected chi connectivity index (χ0v) is 9.07. The van der Waals surface area contributed by atoms with Gasteiger partial charge in [0.1, 0.15) is 11.6 Å². The average molecular weight is 226 g/mol. The Balaban J connectivity index is 2.39. The molecule has 0 aliphatic rings. The predicted octanol–water partition coefficient (Wildman–Crippen LogP) is 1.36. The second-order valence-corrected chi connectivity index (χ2v) is 3.49. The van der Waals surface area contributed by atoms with Crippen LogP contribution in [0.3, 0.4) is 0 Å². The molecule has 0 fully saturated rings. The lowest BCUT2D eigenvalue weighted by Crippen LogP contribution is -2.30. The Labute approximate surface area is 93.6 Å². The molecule has 1 atom stereocenters. The maximum absolute atomic E-state index is 12.8. The van der Waals surface area contributed by atoms with E-state index in [4.69, 9.17) is 10.6 Å². The molecule has 0 bridgehead atoms. The minimum Gasteiger partial charge on any atom is -0.491 e. The number of carbonyl (C=O) groups excluding carboxylic acids is 1. The minimum atomic E-state index is -0.343. The van der Waals surface area contributed by atoms with Crippen LogP contribution in [0.1, 0.15) is 19.8 Å². The Kier molecular flexibility index (Phi) is 4.72. The standard InChI is InChI=1S/C11H15FN2O2/c1-8(5-6-11(15)14-13)16-10-4-2-3-9(12)7-10/h2-4,7-8H,5-6,13H2,1H3,(H,14,15). The molecule has 0 aliphatic carbocycles. The summed E-state index contributed by atoms with van der Waals surface area (Å²) in [5, 5.41) is 0. The lowest BCUT2D eigenvalue weighted by atomic mass is 10.2. The van der Waals surface area contributed by atoms with Crippen molar-refractivity contribution in [2.45, 2.75) is 25.9 Å². The molecular formula is C11H15FN2O2. The Bertz CT molecular complexity index is 358. The number of benzene rings is 1. The van der Waals surface area contributed by atoms with E-state index >= 15 is 0 Å². The van der Waals surface area contributed by atoms with Crippen LogP contribution in [0.4, 0.5) is 4.39 Å². The average Bonchev–Trinajstić information content (AvgIpc) is 2.26. The first kappa shape index (κ1) is 12.4. The number of amides is 1. The molecule has 4 nitrogen and oxygen atoms in total. The van der Waals surface area contributed by atoms with Crippen molar-refractivity contribution in [3.05, 3.63) is 30.1 Å². The number of nitrogens with two attached hydrogens (primary N) is 1. The van der Waals surface area contributed by atoms with E-state index in [-0.39, 0.29) is 24.2 Å². The normalized spacial score (nSPS) is 11.9. The highest BCUT2D eigenvalue weighted by Gasteiger charge is 2.07. The molecule has 0 aliphatic heterocycles. The number of hydrogen-bond acceptors (Lipinski definition) is 3. The highest BCUT2D eigenvalue weighted by molar-refractivity contribution is 5.75. The zero-order valence-electron chi connectivity index (χ0n) is 9.07. The quantitative estimate of drug-likeness (QED) is 0.452. The summed E-state index contributed by atoms with van der Waals surface area (Å²) in [4.78, 5) is 10.9. The fourth-order valence-electron chi connectivity index (χ4n) is 1.24. The molecule has 0 aromatic heterocycles. The van der Waals surface area contributed by atoms with Gasteiger partial charge in [-0.15, -0.1) is 0 Å². The van der Waals surface area contributed by atoms with Gasteiger partial charge in [0, 0.05) is 12.5 Å². The molecule has 3 N–H and O–H groups in total. The molecule has 0 radical (unpaired) electrons. The van der Waals surface area contributed by atoms with Crippen LogP contribution in [-0.4, -0.2) is 12.0 Å². The molecule has 1 aromatic carbocycles. The largest absolute Gasteiger partial charge is 0.491 e. The van der Waals surface area contributed by atoms with Crippen LogP contribution in [0.5, 0.6) is 5.75 Å². The first-order valence-corrected chi connectivity index (χ1v) is 5.03. The Morgan fingerprint density at radius 1 is 1.62 bits per heavy atom. The summed E-state index contributed by atoms with van der Waals surface area (Å²) >= 11 is 0. The van der Waals surface area contributed by atoms with Crippen molar-refractivity contribution >= 4 is 5.91 Å². The highest BCUT2D eigenvalue weighted by Crippen LogP contribution is 2.15. The lowest BCUT2D eigenvalue weighted by molar-refractivity contribution is -0.121. The molecule has 16 heavy (non-hydrogen) atoms. The number of hydrazine groups is 1. The third-order valence-electron chi connectivity index (χ3n) is 2.07. The van der Waals surface area contributed by atoms with Crippen LogP contribution < -0.4 is 16.0 Å². The van der Waals surface area contributed by atoms with Crippen LogP contribution in [0.15, 0.2) is 24.3 Å². The number of ether oxygens (including phenoxy) is 1. The van der Waals surface area contributed by atoms with E-state index in [1.54, 1.807) is 12.1 Å². The highest BCUT2D eigenvalue weighted by atomic mass is 19.1. The van der Waals surface area contributed by atoms with Crippen molar-refractivity contribution in [1.82, 2.24) is 5.43 Å². The summed E-state index contributed by atoms with van der Waals surface area (Å²) in [5.41, 5.74) is 2.04. The molecule has 88 valence electrons. The third-order valence-corrected chi connectivity index (χ3v) is 2.07. The number of rotatable bonds is 5. The van der Waals surface area contributed by atoms with Gasteiger partial charge < -0.3 is 4.74 Å². The fraction of sp³-hybridized carbons (Fsp3) is 0.364. The maximum Gasteiger partial charge on any atom is 0.234 e. The van der Waals surface area contributed by atoms with Crippen LogP contribution in [0.2, 0.25) is 0 Å². The van der Waals surface area contributed by atoms with Crippen molar-refractivity contribution in [1.29, 1.82) is 0 Å². The molecular weight excluding hydrogens is 211 g/mol. The SMILES string of the molecule is CC(CCC(=O)NN)Oc1cccc(F)c1. The summed E-state index contributed by atoms with van der Waals surface area (Å²) in [6, 6.07) is 5.89. The van der Waals surface area contributed by atoms with Crippen molar-refractivity contribution in [3.8, 4) is 5.75 Å². The Hall–Kier alpha value is -1.62. The number of hydrogen-bond donors (Lipinski definition) is 2. The molecule has 0 heterocycles. The van der Waals surface area contributed by atoms with Gasteiger partial charge in [-0.05, 0) is 25.5 Å². The molecule has 0 saturated heterocycles. The van der Waals surface area contributed by atoms with E-state index < -0.39 is 0 Å².